The molecule has 10 nitrogen and oxygen atoms in total. The molecule has 0 radical (unpaired) electrons. The van der Waals surface area contributed by atoms with Gasteiger partial charge in [0.1, 0.15) is 35.2 Å². The average Bonchev–Trinajstić information content (AvgIpc) is 3.55. The summed E-state index contributed by atoms with van der Waals surface area (Å²) in [5.74, 6) is 0.159. The maximum Gasteiger partial charge on any atom is 0.284 e. The first-order chi connectivity index (χ1) is 17.0. The van der Waals surface area contributed by atoms with Gasteiger partial charge in [0, 0.05) is 25.4 Å². The summed E-state index contributed by atoms with van der Waals surface area (Å²) < 4.78 is 16.9. The van der Waals surface area contributed by atoms with Gasteiger partial charge in [-0.1, -0.05) is 17.7 Å². The van der Waals surface area contributed by atoms with E-state index < -0.39 is 23.5 Å². The van der Waals surface area contributed by atoms with Gasteiger partial charge in [-0.2, -0.15) is 37.4 Å². The molecule has 5 aromatic rings. The van der Waals surface area contributed by atoms with Gasteiger partial charge in [-0.25, -0.2) is 18.9 Å². The Kier molecular flexibility index (Phi) is 7.20. The summed E-state index contributed by atoms with van der Waals surface area (Å²) in [6.45, 7) is 0.177. The van der Waals surface area contributed by atoms with Crippen LogP contribution < -0.4 is 10.5 Å². The molecule has 1 saturated heterocycles. The highest BCUT2D eigenvalue weighted by molar-refractivity contribution is 7.59. The lowest BCUT2D eigenvalue weighted by Gasteiger charge is -2.27. The molecule has 1 aliphatic rings. The largest absolute Gasteiger partial charge is 0.391 e. The molecular formula is C23H20ClFN8O2S2. The van der Waals surface area contributed by atoms with Crippen molar-refractivity contribution in [1.82, 2.24) is 29.1 Å². The molecule has 14 heteroatoms. The number of aromatic nitrogens is 6. The van der Waals surface area contributed by atoms with E-state index in [4.69, 9.17) is 11.6 Å². The van der Waals surface area contributed by atoms with Crippen molar-refractivity contribution in [2.24, 2.45) is 0 Å². The van der Waals surface area contributed by atoms with Crippen molar-refractivity contribution in [3.05, 3.63) is 81.6 Å². The molecule has 4 aromatic heterocycles. The van der Waals surface area contributed by atoms with Crippen LogP contribution in [-0.4, -0.2) is 46.9 Å². The van der Waals surface area contributed by atoms with E-state index in [2.05, 4.69) is 26.1 Å². The monoisotopic (exact) mass is 558 g/mol. The second kappa shape index (κ2) is 10.1. The zero-order chi connectivity index (χ0) is 24.3. The zero-order valence-corrected chi connectivity index (χ0v) is 21.7. The number of nitrogens with one attached hydrogen (secondary N) is 1. The summed E-state index contributed by atoms with van der Waals surface area (Å²) in [6, 6.07) is 8.66. The molecule has 0 aliphatic carbocycles. The van der Waals surface area contributed by atoms with Crippen LogP contribution in [0.5, 0.6) is 0 Å². The van der Waals surface area contributed by atoms with Crippen LogP contribution in [0.15, 0.2) is 53.8 Å². The second-order valence-corrected chi connectivity index (χ2v) is 8.64. The van der Waals surface area contributed by atoms with Crippen molar-refractivity contribution < 1.29 is 9.50 Å². The van der Waals surface area contributed by atoms with Gasteiger partial charge in [0.2, 0.25) is 0 Å². The Labute approximate surface area is 227 Å². The third kappa shape index (κ3) is 4.21. The Morgan fingerprint density at radius 2 is 2.05 bits per heavy atom. The van der Waals surface area contributed by atoms with E-state index in [9.17, 15) is 19.6 Å². The topological polar surface area (TPSA) is 128 Å². The molecule has 0 spiro atoms. The number of β-amino-alcohol motifs (C(OH)–C–C–N with tert-alkyl or cyclic N) is 1. The normalized spacial score (nSPS) is 17.0. The standard InChI is InChI=1S/C23H16ClFN8O2.2H2S/c24-16-4-5-32-19(16)23(35)33(14-3-1-2-13(25)6-14)21(30-32)17-7-15(34)10-31(17)22-18-12(8-26)9-27-20(18)28-11-29-22;;/h1-6,9,11,15,17,34H,7,10H2,(H,27,28,29);2*1H2/t15-,17-;;/m0../s1. The van der Waals surface area contributed by atoms with Crippen LogP contribution in [0.4, 0.5) is 10.2 Å². The molecule has 1 aromatic carbocycles. The molecule has 2 atom stereocenters. The molecule has 190 valence electrons. The fourth-order valence-electron chi connectivity index (χ4n) is 4.67. The van der Waals surface area contributed by atoms with Crippen LogP contribution in [0, 0.1) is 17.1 Å². The van der Waals surface area contributed by atoms with E-state index in [1.807, 2.05) is 0 Å². The van der Waals surface area contributed by atoms with Crippen molar-refractivity contribution in [3.63, 3.8) is 0 Å². The fourth-order valence-corrected chi connectivity index (χ4v) is 4.90. The summed E-state index contributed by atoms with van der Waals surface area (Å²) in [7, 11) is 0. The van der Waals surface area contributed by atoms with Gasteiger partial charge in [0.05, 0.1) is 33.8 Å². The third-order valence-electron chi connectivity index (χ3n) is 6.15. The first kappa shape index (κ1) is 26.5. The average molecular weight is 559 g/mol. The lowest BCUT2D eigenvalue weighted by Crippen LogP contribution is -2.33. The molecule has 0 saturated carbocycles. The van der Waals surface area contributed by atoms with Crippen molar-refractivity contribution >= 4 is 61.0 Å². The van der Waals surface area contributed by atoms with Crippen molar-refractivity contribution in [1.29, 1.82) is 5.26 Å². The molecular weight excluding hydrogens is 539 g/mol. The number of fused-ring (bicyclic) bond motifs is 2. The molecule has 2 N–H and O–H groups in total. The van der Waals surface area contributed by atoms with E-state index in [1.165, 1.54) is 33.6 Å². The zero-order valence-electron chi connectivity index (χ0n) is 18.9. The predicted octanol–water partition coefficient (Wildman–Crippen LogP) is 2.96. The van der Waals surface area contributed by atoms with Crippen LogP contribution in [-0.2, 0) is 0 Å². The summed E-state index contributed by atoms with van der Waals surface area (Å²) in [6.07, 6.45) is 3.92. The number of H-pyrrole nitrogens is 1. The van der Waals surface area contributed by atoms with Crippen LogP contribution in [0.25, 0.3) is 22.2 Å². The Bertz CT molecular complexity index is 1730. The Balaban J connectivity index is 0.00000160. The molecule has 6 rings (SSSR count). The van der Waals surface area contributed by atoms with E-state index in [1.54, 1.807) is 29.4 Å². The number of hydrogen-bond donors (Lipinski definition) is 2. The van der Waals surface area contributed by atoms with Crippen molar-refractivity contribution in [2.45, 2.75) is 18.6 Å². The summed E-state index contributed by atoms with van der Waals surface area (Å²) in [5, 5.41) is 25.7. The first-order valence-corrected chi connectivity index (χ1v) is 11.1. The van der Waals surface area contributed by atoms with Gasteiger partial charge in [-0.15, -0.1) is 0 Å². The maximum absolute atomic E-state index is 14.2. The minimum absolute atomic E-state index is 0. The van der Waals surface area contributed by atoms with Gasteiger partial charge in [0.15, 0.2) is 5.82 Å². The number of benzene rings is 1. The number of nitriles is 1. The highest BCUT2D eigenvalue weighted by atomic mass is 35.5. The predicted molar refractivity (Wildman–Crippen MR) is 146 cm³/mol. The first-order valence-electron chi connectivity index (χ1n) is 10.7. The van der Waals surface area contributed by atoms with Gasteiger partial charge in [-0.3, -0.25) is 9.36 Å². The lowest BCUT2D eigenvalue weighted by atomic mass is 10.1. The van der Waals surface area contributed by atoms with E-state index >= 15 is 0 Å². The van der Waals surface area contributed by atoms with Gasteiger partial charge < -0.3 is 15.0 Å². The molecule has 1 aliphatic heterocycles. The highest BCUT2D eigenvalue weighted by Gasteiger charge is 2.38. The number of hydrogen-bond acceptors (Lipinski definition) is 7. The molecule has 0 amide bonds. The molecule has 5 heterocycles. The van der Waals surface area contributed by atoms with Crippen LogP contribution in [0.1, 0.15) is 23.9 Å². The Morgan fingerprint density at radius 3 is 2.81 bits per heavy atom. The SMILES string of the molecule is N#Cc1c[nH]c2ncnc(N3C[C@@H](O)C[C@H]3c3nn4ccc(Cl)c4c(=O)n3-c3cccc(F)c3)c12.S.S. The van der Waals surface area contributed by atoms with E-state index in [-0.39, 0.29) is 62.0 Å². The van der Waals surface area contributed by atoms with Gasteiger partial charge in [-0.05, 0) is 24.3 Å². The molecule has 1 fully saturated rings. The lowest BCUT2D eigenvalue weighted by molar-refractivity contribution is 0.193. The van der Waals surface area contributed by atoms with Crippen LogP contribution in [0.2, 0.25) is 5.02 Å². The number of aromatic amines is 1. The molecule has 0 bridgehead atoms. The number of anilines is 1. The maximum atomic E-state index is 14.2. The second-order valence-electron chi connectivity index (χ2n) is 8.23. The van der Waals surface area contributed by atoms with E-state index in [0.29, 0.717) is 22.4 Å². The molecule has 37 heavy (non-hydrogen) atoms. The summed E-state index contributed by atoms with van der Waals surface area (Å²) in [4.78, 5) is 27.0. The number of rotatable bonds is 3. The fraction of sp³-hybridized carbons (Fsp3) is 0.174. The number of nitrogens with zero attached hydrogens (tertiary/aromatic N) is 7. The highest BCUT2D eigenvalue weighted by Crippen LogP contribution is 2.38. The summed E-state index contributed by atoms with van der Waals surface area (Å²) in [5.41, 5.74) is 0.746. The van der Waals surface area contributed by atoms with Gasteiger partial charge in [0.25, 0.3) is 5.56 Å². The smallest absolute Gasteiger partial charge is 0.284 e. The van der Waals surface area contributed by atoms with Crippen molar-refractivity contribution in [2.75, 3.05) is 11.4 Å². The quantitative estimate of drug-likeness (QED) is 0.348. The number of halogens is 2. The number of aliphatic hydroxyl groups is 1. The Morgan fingerprint density at radius 1 is 1.24 bits per heavy atom. The molecule has 0 unspecified atom stereocenters. The van der Waals surface area contributed by atoms with E-state index in [0.717, 1.165) is 0 Å². The van der Waals surface area contributed by atoms with Crippen LogP contribution in [0.3, 0.4) is 0 Å². The Hall–Kier alpha value is -3.57. The van der Waals surface area contributed by atoms with Crippen molar-refractivity contribution in [3.8, 4) is 11.8 Å². The minimum atomic E-state index is -0.767. The summed E-state index contributed by atoms with van der Waals surface area (Å²) >= 11 is 6.26. The minimum Gasteiger partial charge on any atom is -0.391 e. The third-order valence-corrected chi connectivity index (χ3v) is 6.45. The van der Waals surface area contributed by atoms with Gasteiger partial charge >= 0.3 is 0 Å². The van der Waals surface area contributed by atoms with Crippen LogP contribution >= 0.6 is 38.6 Å². The number of aliphatic hydroxyl groups excluding tert-OH is 1.